The Morgan fingerprint density at radius 3 is 2.61 bits per heavy atom. The first kappa shape index (κ1) is 21.6. The fourth-order valence-corrected chi connectivity index (χ4v) is 5.36. The van der Waals surface area contributed by atoms with E-state index < -0.39 is 0 Å². The Labute approximate surface area is 187 Å². The molecule has 1 aliphatic rings. The van der Waals surface area contributed by atoms with Crippen LogP contribution in [0.3, 0.4) is 0 Å². The lowest BCUT2D eigenvalue weighted by molar-refractivity contribution is -0.131. The Bertz CT molecular complexity index is 1150. The van der Waals surface area contributed by atoms with Crippen molar-refractivity contribution in [2.24, 2.45) is 0 Å². The van der Waals surface area contributed by atoms with Crippen LogP contribution in [0.1, 0.15) is 44.6 Å². The number of carbonyl (C=O) groups is 1. The van der Waals surface area contributed by atoms with Gasteiger partial charge in [-0.1, -0.05) is 55.3 Å². The number of rotatable bonds is 5. The van der Waals surface area contributed by atoms with Crippen LogP contribution in [0.25, 0.3) is 16.6 Å². The van der Waals surface area contributed by atoms with E-state index in [4.69, 9.17) is 4.98 Å². The molecule has 162 valence electrons. The first-order valence-corrected chi connectivity index (χ1v) is 11.9. The monoisotopic (exact) mass is 435 g/mol. The molecule has 0 N–H and O–H groups in total. The van der Waals surface area contributed by atoms with Crippen molar-refractivity contribution in [2.75, 3.05) is 7.05 Å². The van der Waals surface area contributed by atoms with Crippen LogP contribution in [0.15, 0.2) is 58.5 Å². The zero-order valence-corrected chi connectivity index (χ0v) is 19.2. The molecular weight excluding hydrogens is 406 g/mol. The minimum atomic E-state index is -0.337. The van der Waals surface area contributed by atoms with Crippen molar-refractivity contribution in [1.29, 1.82) is 0 Å². The number of hydrogen-bond donors (Lipinski definition) is 0. The molecule has 1 unspecified atom stereocenters. The van der Waals surface area contributed by atoms with Gasteiger partial charge in [0, 0.05) is 13.1 Å². The molecule has 0 bridgehead atoms. The van der Waals surface area contributed by atoms with Gasteiger partial charge in [-0.3, -0.25) is 14.2 Å². The summed E-state index contributed by atoms with van der Waals surface area (Å²) in [6.07, 6.45) is 5.77. The van der Waals surface area contributed by atoms with Gasteiger partial charge in [0.05, 0.1) is 21.8 Å². The zero-order chi connectivity index (χ0) is 22.0. The van der Waals surface area contributed by atoms with Crippen molar-refractivity contribution in [3.05, 3.63) is 64.4 Å². The summed E-state index contributed by atoms with van der Waals surface area (Å²) in [6, 6.07) is 15.5. The molecule has 1 aliphatic carbocycles. The number of amides is 1. The topological polar surface area (TPSA) is 55.2 Å². The summed E-state index contributed by atoms with van der Waals surface area (Å²) in [5, 5.41) is 0.787. The van der Waals surface area contributed by atoms with E-state index in [2.05, 4.69) is 0 Å². The lowest BCUT2D eigenvalue weighted by Gasteiger charge is -2.32. The summed E-state index contributed by atoms with van der Waals surface area (Å²) in [5.41, 5.74) is 2.37. The number of para-hydroxylation sites is 1. The highest BCUT2D eigenvalue weighted by molar-refractivity contribution is 8.00. The summed E-state index contributed by atoms with van der Waals surface area (Å²) in [7, 11) is 1.91. The largest absolute Gasteiger partial charge is 0.342 e. The van der Waals surface area contributed by atoms with Crippen LogP contribution in [0.5, 0.6) is 0 Å². The van der Waals surface area contributed by atoms with Crippen LogP contribution in [-0.2, 0) is 4.79 Å². The smallest absolute Gasteiger partial charge is 0.266 e. The van der Waals surface area contributed by atoms with Gasteiger partial charge in [-0.25, -0.2) is 4.98 Å². The summed E-state index contributed by atoms with van der Waals surface area (Å²) in [5.74, 6) is 0.0927. The number of benzene rings is 2. The second-order valence-corrected chi connectivity index (χ2v) is 9.70. The highest BCUT2D eigenvalue weighted by Gasteiger charge is 2.27. The third kappa shape index (κ3) is 4.54. The first-order valence-electron chi connectivity index (χ1n) is 11.0. The van der Waals surface area contributed by atoms with Crippen LogP contribution >= 0.6 is 11.8 Å². The Kier molecular flexibility index (Phi) is 6.46. The molecule has 1 amide bonds. The van der Waals surface area contributed by atoms with Gasteiger partial charge in [-0.15, -0.1) is 0 Å². The molecule has 0 spiro atoms. The van der Waals surface area contributed by atoms with Crippen molar-refractivity contribution < 1.29 is 4.79 Å². The van der Waals surface area contributed by atoms with E-state index in [-0.39, 0.29) is 16.7 Å². The first-order chi connectivity index (χ1) is 15.0. The number of hydrogen-bond acceptors (Lipinski definition) is 4. The van der Waals surface area contributed by atoms with Gasteiger partial charge < -0.3 is 4.90 Å². The lowest BCUT2D eigenvalue weighted by atomic mass is 9.94. The zero-order valence-electron chi connectivity index (χ0n) is 18.4. The number of nitrogens with zero attached hydrogens (tertiary/aromatic N) is 3. The summed E-state index contributed by atoms with van der Waals surface area (Å²) < 4.78 is 1.64. The van der Waals surface area contributed by atoms with Gasteiger partial charge >= 0.3 is 0 Å². The predicted octanol–water partition coefficient (Wildman–Crippen LogP) is 4.97. The molecule has 1 saturated carbocycles. The van der Waals surface area contributed by atoms with E-state index in [0.29, 0.717) is 22.1 Å². The molecule has 1 fully saturated rings. The van der Waals surface area contributed by atoms with Gasteiger partial charge in [0.1, 0.15) is 0 Å². The minimum Gasteiger partial charge on any atom is -0.342 e. The average molecular weight is 436 g/mol. The van der Waals surface area contributed by atoms with Gasteiger partial charge in [0.25, 0.3) is 5.56 Å². The second kappa shape index (κ2) is 9.27. The van der Waals surface area contributed by atoms with E-state index >= 15 is 0 Å². The fraction of sp³-hybridized carbons (Fsp3) is 0.400. The highest BCUT2D eigenvalue weighted by Crippen LogP contribution is 2.28. The maximum atomic E-state index is 13.4. The van der Waals surface area contributed by atoms with E-state index in [1.165, 1.54) is 31.0 Å². The van der Waals surface area contributed by atoms with Gasteiger partial charge in [0.15, 0.2) is 5.16 Å². The normalized spacial score (nSPS) is 15.7. The minimum absolute atomic E-state index is 0.0927. The maximum Gasteiger partial charge on any atom is 0.266 e. The SMILES string of the molecule is Cc1cccc(-n2c(SC(C)C(=O)N(C)C3CCCCC3)nc3ccccc3c2=O)c1. The standard InChI is InChI=1S/C25H29N3O2S/c1-17-10-9-13-20(16-17)28-24(30)21-14-7-8-15-22(21)26-25(28)31-18(2)23(29)27(3)19-11-5-4-6-12-19/h7-10,13-16,18-19H,4-6,11-12H2,1-3H3. The quantitative estimate of drug-likeness (QED) is 0.420. The number of fused-ring (bicyclic) bond motifs is 1. The number of carbonyl (C=O) groups excluding carboxylic acids is 1. The van der Waals surface area contributed by atoms with Crippen molar-refractivity contribution in [1.82, 2.24) is 14.5 Å². The van der Waals surface area contributed by atoms with Crippen LogP contribution in [0.4, 0.5) is 0 Å². The van der Waals surface area contributed by atoms with Crippen LogP contribution in [0, 0.1) is 6.92 Å². The number of aryl methyl sites for hydroxylation is 1. The Hall–Kier alpha value is -2.60. The van der Waals surface area contributed by atoms with Crippen molar-refractivity contribution >= 4 is 28.6 Å². The molecule has 0 radical (unpaired) electrons. The second-order valence-electron chi connectivity index (χ2n) is 8.39. The third-order valence-electron chi connectivity index (χ3n) is 6.10. The molecule has 0 saturated heterocycles. The van der Waals surface area contributed by atoms with E-state index in [1.807, 2.05) is 68.3 Å². The van der Waals surface area contributed by atoms with Crippen molar-refractivity contribution in [3.8, 4) is 5.69 Å². The van der Waals surface area contributed by atoms with Crippen molar-refractivity contribution in [2.45, 2.75) is 62.4 Å². The molecular formula is C25H29N3O2S. The Morgan fingerprint density at radius 1 is 1.13 bits per heavy atom. The van der Waals surface area contributed by atoms with Crippen LogP contribution in [0.2, 0.25) is 0 Å². The molecule has 4 rings (SSSR count). The third-order valence-corrected chi connectivity index (χ3v) is 7.14. The van der Waals surface area contributed by atoms with Crippen LogP contribution in [-0.4, -0.2) is 38.7 Å². The Morgan fingerprint density at radius 2 is 1.87 bits per heavy atom. The number of thioether (sulfide) groups is 1. The summed E-state index contributed by atoms with van der Waals surface area (Å²) in [6.45, 7) is 3.91. The highest BCUT2D eigenvalue weighted by atomic mass is 32.2. The molecule has 0 aliphatic heterocycles. The van der Waals surface area contributed by atoms with E-state index in [9.17, 15) is 9.59 Å². The fourth-order valence-electron chi connectivity index (χ4n) is 4.33. The number of aromatic nitrogens is 2. The van der Waals surface area contributed by atoms with E-state index in [0.717, 1.165) is 24.1 Å². The molecule has 31 heavy (non-hydrogen) atoms. The lowest BCUT2D eigenvalue weighted by Crippen LogP contribution is -2.42. The molecule has 5 nitrogen and oxygen atoms in total. The van der Waals surface area contributed by atoms with Gasteiger partial charge in [-0.2, -0.15) is 0 Å². The van der Waals surface area contributed by atoms with Crippen molar-refractivity contribution in [3.63, 3.8) is 0 Å². The van der Waals surface area contributed by atoms with Crippen LogP contribution < -0.4 is 5.56 Å². The maximum absolute atomic E-state index is 13.4. The molecule has 1 heterocycles. The predicted molar refractivity (Wildman–Crippen MR) is 127 cm³/mol. The van der Waals surface area contributed by atoms with Gasteiger partial charge in [-0.05, 0) is 56.5 Å². The summed E-state index contributed by atoms with van der Waals surface area (Å²) in [4.78, 5) is 33.3. The average Bonchev–Trinajstić information content (AvgIpc) is 2.79. The molecule has 3 aromatic rings. The summed E-state index contributed by atoms with van der Waals surface area (Å²) >= 11 is 1.36. The van der Waals surface area contributed by atoms with E-state index in [1.54, 1.807) is 10.6 Å². The molecule has 2 aromatic carbocycles. The Balaban J connectivity index is 1.71. The van der Waals surface area contributed by atoms with Gasteiger partial charge in [0.2, 0.25) is 5.91 Å². The molecule has 1 atom stereocenters. The molecule has 6 heteroatoms. The molecule has 1 aromatic heterocycles.